The Morgan fingerprint density at radius 1 is 1.00 bits per heavy atom. The summed E-state index contributed by atoms with van der Waals surface area (Å²) < 4.78 is 13.8. The van der Waals surface area contributed by atoms with Crippen molar-refractivity contribution in [1.82, 2.24) is 0 Å². The zero-order chi connectivity index (χ0) is 13.8. The Kier molecular flexibility index (Phi) is 4.33. The molecule has 2 aromatic carbocycles. The van der Waals surface area contributed by atoms with E-state index in [4.69, 9.17) is 0 Å². The van der Waals surface area contributed by atoms with Crippen LogP contribution >= 0.6 is 0 Å². The Balaban J connectivity index is 2.32. The van der Waals surface area contributed by atoms with Gasteiger partial charge in [-0.05, 0) is 48.6 Å². The quantitative estimate of drug-likeness (QED) is 0.885. The Labute approximate surface area is 113 Å². The summed E-state index contributed by atoms with van der Waals surface area (Å²) in [6.45, 7) is 4.06. The third-order valence-corrected chi connectivity index (χ3v) is 3.66. The number of aliphatic hydroxyl groups is 1. The molecule has 0 amide bonds. The first-order valence-corrected chi connectivity index (χ1v) is 6.54. The van der Waals surface area contributed by atoms with Gasteiger partial charge in [-0.25, -0.2) is 4.39 Å². The van der Waals surface area contributed by atoms with E-state index >= 15 is 0 Å². The molecule has 0 radical (unpaired) electrons. The minimum Gasteiger partial charge on any atom is -0.396 e. The second kappa shape index (κ2) is 5.98. The van der Waals surface area contributed by atoms with Crippen molar-refractivity contribution in [3.05, 3.63) is 70.5 Å². The normalized spacial score (nSPS) is 12.4. The maximum absolute atomic E-state index is 13.8. The van der Waals surface area contributed by atoms with Crippen LogP contribution in [0.2, 0.25) is 0 Å². The van der Waals surface area contributed by atoms with E-state index in [0.29, 0.717) is 12.0 Å². The van der Waals surface area contributed by atoms with Gasteiger partial charge in [0.2, 0.25) is 0 Å². The van der Waals surface area contributed by atoms with Crippen molar-refractivity contribution < 1.29 is 9.50 Å². The fourth-order valence-electron chi connectivity index (χ4n) is 2.50. The first kappa shape index (κ1) is 13.8. The number of aryl methyl sites for hydroxylation is 2. The maximum atomic E-state index is 13.8. The molecule has 0 aliphatic rings. The molecule has 0 heterocycles. The molecule has 1 nitrogen and oxygen atoms in total. The molecule has 1 atom stereocenters. The van der Waals surface area contributed by atoms with Crippen LogP contribution in [0.15, 0.2) is 42.5 Å². The van der Waals surface area contributed by atoms with Crippen molar-refractivity contribution in [2.24, 2.45) is 0 Å². The summed E-state index contributed by atoms with van der Waals surface area (Å²) in [4.78, 5) is 0. The largest absolute Gasteiger partial charge is 0.396 e. The topological polar surface area (TPSA) is 20.2 Å². The molecule has 0 aliphatic carbocycles. The lowest BCUT2D eigenvalue weighted by Crippen LogP contribution is -2.11. The van der Waals surface area contributed by atoms with E-state index in [9.17, 15) is 9.50 Å². The average Bonchev–Trinajstić information content (AvgIpc) is 2.40. The number of rotatable bonds is 4. The summed E-state index contributed by atoms with van der Waals surface area (Å²) in [5.74, 6) is -0.436. The molecule has 100 valence electrons. The minimum absolute atomic E-state index is 0.0469. The summed E-state index contributed by atoms with van der Waals surface area (Å²) in [5.41, 5.74) is 4.17. The molecule has 0 aromatic heterocycles. The van der Waals surface area contributed by atoms with Crippen molar-refractivity contribution in [2.45, 2.75) is 26.2 Å². The Hall–Kier alpha value is -1.67. The van der Waals surface area contributed by atoms with E-state index < -0.39 is 0 Å². The summed E-state index contributed by atoms with van der Waals surface area (Å²) in [6, 6.07) is 12.8. The van der Waals surface area contributed by atoms with E-state index in [0.717, 1.165) is 0 Å². The summed E-state index contributed by atoms with van der Waals surface area (Å²) in [6.07, 6.45) is 0.663. The van der Waals surface area contributed by atoms with Gasteiger partial charge in [0, 0.05) is 5.92 Å². The van der Waals surface area contributed by atoms with Crippen LogP contribution in [0.5, 0.6) is 0 Å². The van der Waals surface area contributed by atoms with Gasteiger partial charge in [-0.2, -0.15) is 0 Å². The lowest BCUT2D eigenvalue weighted by atomic mass is 9.88. The van der Waals surface area contributed by atoms with Gasteiger partial charge in [0.05, 0.1) is 6.61 Å². The zero-order valence-electron chi connectivity index (χ0n) is 11.4. The molecular formula is C17H19FO. The molecule has 2 aromatic rings. The summed E-state index contributed by atoms with van der Waals surface area (Å²) in [5, 5.41) is 9.58. The highest BCUT2D eigenvalue weighted by atomic mass is 19.1. The van der Waals surface area contributed by atoms with Crippen LogP contribution in [0.3, 0.4) is 0 Å². The maximum Gasteiger partial charge on any atom is 0.126 e. The highest BCUT2D eigenvalue weighted by Crippen LogP contribution is 2.26. The molecular weight excluding hydrogens is 239 g/mol. The van der Waals surface area contributed by atoms with Crippen LogP contribution in [-0.2, 0) is 6.42 Å². The Morgan fingerprint density at radius 3 is 2.21 bits per heavy atom. The predicted octanol–water partition coefficient (Wildman–Crippen LogP) is 3.76. The molecule has 19 heavy (non-hydrogen) atoms. The molecule has 2 heteroatoms. The highest BCUT2D eigenvalue weighted by Gasteiger charge is 2.17. The van der Waals surface area contributed by atoms with Crippen LogP contribution in [0.4, 0.5) is 4.39 Å². The Morgan fingerprint density at radius 2 is 1.63 bits per heavy atom. The third-order valence-electron chi connectivity index (χ3n) is 3.66. The third kappa shape index (κ3) is 3.02. The lowest BCUT2D eigenvalue weighted by Gasteiger charge is -2.18. The summed E-state index contributed by atoms with van der Waals surface area (Å²) in [7, 11) is 0. The highest BCUT2D eigenvalue weighted by molar-refractivity contribution is 5.36. The SMILES string of the molecule is Cc1cccc(C)c1CC(CO)c1ccccc1F. The van der Waals surface area contributed by atoms with Gasteiger partial charge >= 0.3 is 0 Å². The molecule has 2 rings (SSSR count). The molecule has 0 bridgehead atoms. The second-order valence-electron chi connectivity index (χ2n) is 4.98. The van der Waals surface area contributed by atoms with E-state index in [1.165, 1.54) is 22.8 Å². The van der Waals surface area contributed by atoms with Crippen LogP contribution < -0.4 is 0 Å². The molecule has 0 saturated heterocycles. The van der Waals surface area contributed by atoms with E-state index in [1.807, 2.05) is 12.1 Å². The average molecular weight is 258 g/mol. The van der Waals surface area contributed by atoms with E-state index in [1.54, 1.807) is 12.1 Å². The predicted molar refractivity (Wildman–Crippen MR) is 75.8 cm³/mol. The van der Waals surface area contributed by atoms with Crippen molar-refractivity contribution in [3.8, 4) is 0 Å². The standard InChI is InChI=1S/C17H19FO/c1-12-6-5-7-13(2)16(12)10-14(11-19)15-8-3-4-9-17(15)18/h3-9,14,19H,10-11H2,1-2H3. The van der Waals surface area contributed by atoms with Crippen molar-refractivity contribution in [1.29, 1.82) is 0 Å². The smallest absolute Gasteiger partial charge is 0.126 e. The van der Waals surface area contributed by atoms with Gasteiger partial charge in [0.25, 0.3) is 0 Å². The summed E-state index contributed by atoms with van der Waals surface area (Å²) >= 11 is 0. The first-order valence-electron chi connectivity index (χ1n) is 6.54. The van der Waals surface area contributed by atoms with E-state index in [-0.39, 0.29) is 18.3 Å². The van der Waals surface area contributed by atoms with Gasteiger partial charge in [-0.3, -0.25) is 0 Å². The van der Waals surface area contributed by atoms with Gasteiger partial charge in [0.1, 0.15) is 5.82 Å². The molecule has 0 aliphatic heterocycles. The fraction of sp³-hybridized carbons (Fsp3) is 0.294. The van der Waals surface area contributed by atoms with E-state index in [2.05, 4.69) is 26.0 Å². The minimum atomic E-state index is -0.243. The number of benzene rings is 2. The number of aliphatic hydroxyl groups excluding tert-OH is 1. The van der Waals surface area contributed by atoms with Crippen molar-refractivity contribution >= 4 is 0 Å². The van der Waals surface area contributed by atoms with Gasteiger partial charge in [-0.1, -0.05) is 36.4 Å². The van der Waals surface area contributed by atoms with Gasteiger partial charge in [-0.15, -0.1) is 0 Å². The number of hydrogen-bond donors (Lipinski definition) is 1. The monoisotopic (exact) mass is 258 g/mol. The Bertz CT molecular complexity index is 543. The number of hydrogen-bond acceptors (Lipinski definition) is 1. The molecule has 1 N–H and O–H groups in total. The lowest BCUT2D eigenvalue weighted by molar-refractivity contribution is 0.261. The van der Waals surface area contributed by atoms with Crippen molar-refractivity contribution in [2.75, 3.05) is 6.61 Å². The first-order chi connectivity index (χ1) is 9.13. The van der Waals surface area contributed by atoms with Crippen LogP contribution in [0.25, 0.3) is 0 Å². The second-order valence-corrected chi connectivity index (χ2v) is 4.98. The van der Waals surface area contributed by atoms with Crippen LogP contribution in [-0.4, -0.2) is 11.7 Å². The van der Waals surface area contributed by atoms with Crippen LogP contribution in [0, 0.1) is 19.7 Å². The fourth-order valence-corrected chi connectivity index (χ4v) is 2.50. The van der Waals surface area contributed by atoms with Gasteiger partial charge in [0.15, 0.2) is 0 Å². The molecule has 1 unspecified atom stereocenters. The number of halogens is 1. The molecule has 0 spiro atoms. The molecule has 0 saturated carbocycles. The zero-order valence-corrected chi connectivity index (χ0v) is 11.4. The van der Waals surface area contributed by atoms with Crippen LogP contribution in [0.1, 0.15) is 28.2 Å². The van der Waals surface area contributed by atoms with Gasteiger partial charge < -0.3 is 5.11 Å². The van der Waals surface area contributed by atoms with Crippen molar-refractivity contribution in [3.63, 3.8) is 0 Å². The molecule has 0 fully saturated rings.